The predicted molar refractivity (Wildman–Crippen MR) is 72.1 cm³/mol. The first-order valence-corrected chi connectivity index (χ1v) is 6.00. The van der Waals surface area contributed by atoms with E-state index < -0.39 is 0 Å². The van der Waals surface area contributed by atoms with Crippen molar-refractivity contribution >= 4 is 5.69 Å². The maximum atomic E-state index is 8.72. The maximum Gasteiger partial charge on any atom is 0.0991 e. The third-order valence-corrected chi connectivity index (χ3v) is 2.84. The second kappa shape index (κ2) is 5.83. The highest BCUT2D eigenvalue weighted by Gasteiger charge is 2.01. The Bertz CT molecular complexity index is 553. The number of benzene rings is 1. The van der Waals surface area contributed by atoms with Crippen molar-refractivity contribution < 1.29 is 0 Å². The van der Waals surface area contributed by atoms with Crippen LogP contribution >= 0.6 is 0 Å². The molecule has 0 fully saturated rings. The first-order valence-electron chi connectivity index (χ1n) is 6.00. The van der Waals surface area contributed by atoms with E-state index >= 15 is 0 Å². The molecular weight excluding hydrogens is 222 g/mol. The standard InChI is InChI=1S/C15H15N3/c1-2-13-4-3-9-17-15(13)11-18-14-7-5-12(10-16)6-8-14/h3-9,18H,2,11H2,1H3. The van der Waals surface area contributed by atoms with Crippen molar-refractivity contribution in [1.82, 2.24) is 4.98 Å². The van der Waals surface area contributed by atoms with E-state index in [9.17, 15) is 0 Å². The molecule has 18 heavy (non-hydrogen) atoms. The summed E-state index contributed by atoms with van der Waals surface area (Å²) in [5, 5.41) is 12.0. The fourth-order valence-electron chi connectivity index (χ4n) is 1.80. The molecule has 1 aromatic heterocycles. The van der Waals surface area contributed by atoms with Gasteiger partial charge in [0, 0.05) is 11.9 Å². The Morgan fingerprint density at radius 3 is 2.67 bits per heavy atom. The number of aromatic nitrogens is 1. The second-order valence-corrected chi connectivity index (χ2v) is 4.01. The SMILES string of the molecule is CCc1cccnc1CNc1ccc(C#N)cc1. The first kappa shape index (κ1) is 12.1. The van der Waals surface area contributed by atoms with Crippen LogP contribution in [0, 0.1) is 11.3 Å². The third-order valence-electron chi connectivity index (χ3n) is 2.84. The lowest BCUT2D eigenvalue weighted by Crippen LogP contribution is -2.04. The van der Waals surface area contributed by atoms with Gasteiger partial charge in [-0.05, 0) is 42.3 Å². The van der Waals surface area contributed by atoms with Crippen LogP contribution in [0.15, 0.2) is 42.6 Å². The predicted octanol–water partition coefficient (Wildman–Crippen LogP) is 3.13. The molecule has 2 rings (SSSR count). The van der Waals surface area contributed by atoms with E-state index in [-0.39, 0.29) is 0 Å². The van der Waals surface area contributed by atoms with Gasteiger partial charge >= 0.3 is 0 Å². The Morgan fingerprint density at radius 2 is 2.00 bits per heavy atom. The molecule has 3 nitrogen and oxygen atoms in total. The minimum atomic E-state index is 0.674. The fraction of sp³-hybridized carbons (Fsp3) is 0.200. The smallest absolute Gasteiger partial charge is 0.0991 e. The van der Waals surface area contributed by atoms with Gasteiger partial charge < -0.3 is 5.32 Å². The molecule has 90 valence electrons. The molecule has 1 heterocycles. The molecule has 0 aliphatic heterocycles. The van der Waals surface area contributed by atoms with Crippen LogP contribution in [-0.2, 0) is 13.0 Å². The highest BCUT2D eigenvalue weighted by Crippen LogP contribution is 2.12. The number of nitriles is 1. The zero-order valence-corrected chi connectivity index (χ0v) is 10.4. The molecule has 1 aromatic carbocycles. The van der Waals surface area contributed by atoms with E-state index in [0.717, 1.165) is 17.8 Å². The van der Waals surface area contributed by atoms with E-state index in [2.05, 4.69) is 29.4 Å². The summed E-state index contributed by atoms with van der Waals surface area (Å²) in [6.45, 7) is 2.83. The van der Waals surface area contributed by atoms with Crippen LogP contribution in [0.5, 0.6) is 0 Å². The number of nitrogens with zero attached hydrogens (tertiary/aromatic N) is 2. The molecule has 3 heteroatoms. The van der Waals surface area contributed by atoms with Crippen molar-refractivity contribution in [2.24, 2.45) is 0 Å². The lowest BCUT2D eigenvalue weighted by molar-refractivity contribution is 0.972. The van der Waals surface area contributed by atoms with Gasteiger partial charge in [-0.3, -0.25) is 4.98 Å². The number of rotatable bonds is 4. The van der Waals surface area contributed by atoms with Crippen LogP contribution in [-0.4, -0.2) is 4.98 Å². The summed E-state index contributed by atoms with van der Waals surface area (Å²) in [4.78, 5) is 4.38. The van der Waals surface area contributed by atoms with E-state index in [1.54, 1.807) is 0 Å². The van der Waals surface area contributed by atoms with Crippen molar-refractivity contribution in [2.45, 2.75) is 19.9 Å². The van der Waals surface area contributed by atoms with Crippen molar-refractivity contribution in [3.8, 4) is 6.07 Å². The molecular formula is C15H15N3. The minimum absolute atomic E-state index is 0.674. The van der Waals surface area contributed by atoms with E-state index in [1.807, 2.05) is 36.5 Å². The Morgan fingerprint density at radius 1 is 1.22 bits per heavy atom. The molecule has 0 saturated carbocycles. The van der Waals surface area contributed by atoms with Crippen LogP contribution in [0.1, 0.15) is 23.7 Å². The summed E-state index contributed by atoms with van der Waals surface area (Å²) in [7, 11) is 0. The van der Waals surface area contributed by atoms with Gasteiger partial charge in [-0.1, -0.05) is 13.0 Å². The largest absolute Gasteiger partial charge is 0.379 e. The van der Waals surface area contributed by atoms with Gasteiger partial charge in [-0.2, -0.15) is 5.26 Å². The van der Waals surface area contributed by atoms with E-state index in [0.29, 0.717) is 12.1 Å². The number of hydrogen-bond donors (Lipinski definition) is 1. The van der Waals surface area contributed by atoms with Gasteiger partial charge in [0.2, 0.25) is 0 Å². The molecule has 0 saturated heterocycles. The van der Waals surface area contributed by atoms with Gasteiger partial charge in [0.1, 0.15) is 0 Å². The Hall–Kier alpha value is -2.34. The summed E-state index contributed by atoms with van der Waals surface area (Å²) in [5.74, 6) is 0. The van der Waals surface area contributed by atoms with Crippen LogP contribution < -0.4 is 5.32 Å². The van der Waals surface area contributed by atoms with Crippen LogP contribution in [0.2, 0.25) is 0 Å². The second-order valence-electron chi connectivity index (χ2n) is 4.01. The fourth-order valence-corrected chi connectivity index (χ4v) is 1.80. The van der Waals surface area contributed by atoms with Crippen LogP contribution in [0.25, 0.3) is 0 Å². The van der Waals surface area contributed by atoms with E-state index in [4.69, 9.17) is 5.26 Å². The van der Waals surface area contributed by atoms with Gasteiger partial charge in [0.05, 0.1) is 23.9 Å². The molecule has 0 aliphatic carbocycles. The average Bonchev–Trinajstić information content (AvgIpc) is 2.46. The van der Waals surface area contributed by atoms with Gasteiger partial charge in [-0.25, -0.2) is 0 Å². The molecule has 1 N–H and O–H groups in total. The number of hydrogen-bond acceptors (Lipinski definition) is 3. The van der Waals surface area contributed by atoms with Crippen molar-refractivity contribution in [2.75, 3.05) is 5.32 Å². The van der Waals surface area contributed by atoms with Crippen molar-refractivity contribution in [1.29, 1.82) is 5.26 Å². The summed E-state index contributed by atoms with van der Waals surface area (Å²) in [5.41, 5.74) is 4.01. The van der Waals surface area contributed by atoms with Crippen molar-refractivity contribution in [3.05, 3.63) is 59.4 Å². The maximum absolute atomic E-state index is 8.72. The average molecular weight is 237 g/mol. The number of pyridine rings is 1. The molecule has 0 amide bonds. The molecule has 0 atom stereocenters. The van der Waals surface area contributed by atoms with Gasteiger partial charge in [0.25, 0.3) is 0 Å². The summed E-state index contributed by atoms with van der Waals surface area (Å²) >= 11 is 0. The number of aryl methyl sites for hydroxylation is 1. The van der Waals surface area contributed by atoms with Gasteiger partial charge in [0.15, 0.2) is 0 Å². The Labute approximate surface area is 107 Å². The van der Waals surface area contributed by atoms with Crippen LogP contribution in [0.4, 0.5) is 5.69 Å². The topological polar surface area (TPSA) is 48.7 Å². The highest BCUT2D eigenvalue weighted by atomic mass is 14.9. The lowest BCUT2D eigenvalue weighted by Gasteiger charge is -2.09. The zero-order chi connectivity index (χ0) is 12.8. The molecule has 0 aliphatic rings. The molecule has 0 bridgehead atoms. The Balaban J connectivity index is 2.04. The summed E-state index contributed by atoms with van der Waals surface area (Å²) in [6, 6.07) is 13.6. The van der Waals surface area contributed by atoms with Gasteiger partial charge in [-0.15, -0.1) is 0 Å². The highest BCUT2D eigenvalue weighted by molar-refractivity contribution is 5.47. The quantitative estimate of drug-likeness (QED) is 0.888. The molecule has 2 aromatic rings. The minimum Gasteiger partial charge on any atom is -0.379 e. The Kier molecular flexibility index (Phi) is 3.93. The van der Waals surface area contributed by atoms with Crippen molar-refractivity contribution in [3.63, 3.8) is 0 Å². The monoisotopic (exact) mass is 237 g/mol. The normalized spacial score (nSPS) is 9.78. The van der Waals surface area contributed by atoms with Crippen LogP contribution in [0.3, 0.4) is 0 Å². The first-order chi connectivity index (χ1) is 8.83. The molecule has 0 spiro atoms. The molecule has 0 radical (unpaired) electrons. The summed E-state index contributed by atoms with van der Waals surface area (Å²) < 4.78 is 0. The third kappa shape index (κ3) is 2.86. The lowest BCUT2D eigenvalue weighted by atomic mass is 10.1. The molecule has 0 unspecified atom stereocenters. The zero-order valence-electron chi connectivity index (χ0n) is 10.4. The number of anilines is 1. The summed E-state index contributed by atoms with van der Waals surface area (Å²) in [6.07, 6.45) is 2.80. The number of nitrogens with one attached hydrogen (secondary N) is 1. The van der Waals surface area contributed by atoms with E-state index in [1.165, 1.54) is 5.56 Å².